The fourth-order valence-corrected chi connectivity index (χ4v) is 1.21. The van der Waals surface area contributed by atoms with Crippen LogP contribution in [-0.2, 0) is 9.47 Å². The van der Waals surface area contributed by atoms with Crippen LogP contribution in [0.3, 0.4) is 0 Å². The highest BCUT2D eigenvalue weighted by atomic mass is 16.5. The number of nitrogens with two attached hydrogens (primary N) is 1. The number of ether oxygens (including phenoxy) is 3. The molecule has 0 unspecified atom stereocenters. The molecule has 6 nitrogen and oxygen atoms in total. The van der Waals surface area contributed by atoms with Crippen molar-refractivity contribution in [2.24, 2.45) is 5.84 Å². The molecular formula is C11H19N3O3. The first-order valence-electron chi connectivity index (χ1n) is 5.49. The summed E-state index contributed by atoms with van der Waals surface area (Å²) in [4.78, 5) is 3.97. The van der Waals surface area contributed by atoms with Gasteiger partial charge in [0, 0.05) is 32.6 Å². The Kier molecular flexibility index (Phi) is 7.04. The quantitative estimate of drug-likeness (QED) is 0.378. The van der Waals surface area contributed by atoms with Crippen LogP contribution < -0.4 is 16.0 Å². The monoisotopic (exact) mass is 241 g/mol. The molecule has 1 aromatic rings. The molecule has 0 aliphatic carbocycles. The van der Waals surface area contributed by atoms with Crippen LogP contribution in [0.2, 0.25) is 0 Å². The number of hydrazine groups is 1. The number of pyridine rings is 1. The fraction of sp³-hybridized carbons (Fsp3) is 0.545. The predicted octanol–water partition coefficient (Wildman–Crippen LogP) is 0.799. The summed E-state index contributed by atoms with van der Waals surface area (Å²) in [5.41, 5.74) is 2.46. The first-order valence-corrected chi connectivity index (χ1v) is 5.49. The zero-order valence-corrected chi connectivity index (χ0v) is 10.0. The van der Waals surface area contributed by atoms with E-state index < -0.39 is 0 Å². The van der Waals surface area contributed by atoms with Gasteiger partial charge < -0.3 is 19.6 Å². The lowest BCUT2D eigenvalue weighted by molar-refractivity contribution is 0.0806. The van der Waals surface area contributed by atoms with Crippen molar-refractivity contribution in [2.45, 2.75) is 6.42 Å². The summed E-state index contributed by atoms with van der Waals surface area (Å²) < 4.78 is 15.7. The third kappa shape index (κ3) is 6.06. The minimum absolute atomic E-state index is 0.501. The standard InChI is InChI=1S/C11H19N3O3/c1-15-5-2-6-16-7-8-17-10-3-4-13-11(9-10)14-12/h3-4,9H,2,5-8,12H2,1H3,(H,13,14). The van der Waals surface area contributed by atoms with Gasteiger partial charge in [0.05, 0.1) is 6.61 Å². The molecular weight excluding hydrogens is 222 g/mol. The van der Waals surface area contributed by atoms with Gasteiger partial charge in [-0.15, -0.1) is 0 Å². The Labute approximate surface area is 101 Å². The van der Waals surface area contributed by atoms with Crippen LogP contribution in [-0.4, -0.2) is 38.5 Å². The van der Waals surface area contributed by atoms with E-state index in [1.54, 1.807) is 25.4 Å². The Hall–Kier alpha value is -1.37. The maximum Gasteiger partial charge on any atom is 0.143 e. The number of nitrogens with zero attached hydrogens (tertiary/aromatic N) is 1. The van der Waals surface area contributed by atoms with Gasteiger partial charge in [-0.3, -0.25) is 0 Å². The first kappa shape index (κ1) is 13.7. The molecule has 0 aliphatic rings. The summed E-state index contributed by atoms with van der Waals surface area (Å²) in [5.74, 6) is 6.53. The van der Waals surface area contributed by atoms with Gasteiger partial charge in [-0.1, -0.05) is 0 Å². The minimum atomic E-state index is 0.501. The van der Waals surface area contributed by atoms with Crippen LogP contribution >= 0.6 is 0 Å². The van der Waals surface area contributed by atoms with Crippen molar-refractivity contribution >= 4 is 5.82 Å². The fourth-order valence-electron chi connectivity index (χ4n) is 1.21. The number of hydrogen-bond acceptors (Lipinski definition) is 6. The number of aromatic nitrogens is 1. The molecule has 17 heavy (non-hydrogen) atoms. The maximum atomic E-state index is 5.46. The van der Waals surface area contributed by atoms with Crippen LogP contribution in [0.5, 0.6) is 5.75 Å². The lowest BCUT2D eigenvalue weighted by atomic mass is 10.4. The summed E-state index contributed by atoms with van der Waals surface area (Å²) in [7, 11) is 1.68. The second-order valence-electron chi connectivity index (χ2n) is 3.33. The topological polar surface area (TPSA) is 78.6 Å². The maximum absolute atomic E-state index is 5.46. The summed E-state index contributed by atoms with van der Waals surface area (Å²) >= 11 is 0. The van der Waals surface area contributed by atoms with Crippen molar-refractivity contribution < 1.29 is 14.2 Å². The Morgan fingerprint density at radius 1 is 1.29 bits per heavy atom. The van der Waals surface area contributed by atoms with E-state index in [2.05, 4.69) is 10.4 Å². The van der Waals surface area contributed by atoms with Crippen molar-refractivity contribution in [1.82, 2.24) is 4.98 Å². The highest BCUT2D eigenvalue weighted by Gasteiger charge is 1.96. The van der Waals surface area contributed by atoms with Crippen molar-refractivity contribution in [3.8, 4) is 5.75 Å². The van der Waals surface area contributed by atoms with Crippen LogP contribution in [0.15, 0.2) is 18.3 Å². The summed E-state index contributed by atoms with van der Waals surface area (Å²) in [6.45, 7) is 2.46. The van der Waals surface area contributed by atoms with E-state index in [1.165, 1.54) is 0 Å². The average Bonchev–Trinajstić information content (AvgIpc) is 2.38. The van der Waals surface area contributed by atoms with Gasteiger partial charge in [0.1, 0.15) is 18.2 Å². The van der Waals surface area contributed by atoms with E-state index >= 15 is 0 Å². The van der Waals surface area contributed by atoms with Crippen LogP contribution in [0, 0.1) is 0 Å². The zero-order valence-electron chi connectivity index (χ0n) is 10.0. The second kappa shape index (κ2) is 8.74. The number of rotatable bonds is 9. The number of nitrogens with one attached hydrogen (secondary N) is 1. The molecule has 0 radical (unpaired) electrons. The highest BCUT2D eigenvalue weighted by molar-refractivity contribution is 5.39. The Morgan fingerprint density at radius 2 is 2.18 bits per heavy atom. The molecule has 0 bridgehead atoms. The van der Waals surface area contributed by atoms with E-state index in [1.807, 2.05) is 0 Å². The van der Waals surface area contributed by atoms with Crippen molar-refractivity contribution in [1.29, 1.82) is 0 Å². The number of methoxy groups -OCH3 is 1. The van der Waals surface area contributed by atoms with Gasteiger partial charge in [-0.2, -0.15) is 0 Å². The molecule has 1 heterocycles. The van der Waals surface area contributed by atoms with Crippen molar-refractivity contribution in [2.75, 3.05) is 39.0 Å². The Morgan fingerprint density at radius 3 is 2.94 bits per heavy atom. The lowest BCUT2D eigenvalue weighted by Crippen LogP contribution is -2.10. The third-order valence-corrected chi connectivity index (χ3v) is 2.01. The molecule has 96 valence electrons. The van der Waals surface area contributed by atoms with Gasteiger partial charge in [0.15, 0.2) is 0 Å². The molecule has 0 saturated carbocycles. The molecule has 0 saturated heterocycles. The van der Waals surface area contributed by atoms with E-state index in [0.717, 1.165) is 13.0 Å². The molecule has 0 fully saturated rings. The summed E-state index contributed by atoms with van der Waals surface area (Å²) in [6.07, 6.45) is 2.52. The molecule has 0 spiro atoms. The van der Waals surface area contributed by atoms with Gasteiger partial charge in [0.2, 0.25) is 0 Å². The summed E-state index contributed by atoms with van der Waals surface area (Å²) in [5, 5.41) is 0. The first-order chi connectivity index (χ1) is 8.36. The molecule has 1 aromatic heterocycles. The third-order valence-electron chi connectivity index (χ3n) is 2.01. The largest absolute Gasteiger partial charge is 0.491 e. The number of anilines is 1. The van der Waals surface area contributed by atoms with Crippen molar-refractivity contribution in [3.05, 3.63) is 18.3 Å². The lowest BCUT2D eigenvalue weighted by Gasteiger charge is -2.07. The molecule has 0 aromatic carbocycles. The van der Waals surface area contributed by atoms with E-state index in [9.17, 15) is 0 Å². The van der Waals surface area contributed by atoms with Gasteiger partial charge in [-0.05, 0) is 12.5 Å². The van der Waals surface area contributed by atoms with Crippen LogP contribution in [0.4, 0.5) is 5.82 Å². The second-order valence-corrected chi connectivity index (χ2v) is 3.33. The van der Waals surface area contributed by atoms with E-state index in [0.29, 0.717) is 31.4 Å². The average molecular weight is 241 g/mol. The molecule has 6 heteroatoms. The normalized spacial score (nSPS) is 10.2. The van der Waals surface area contributed by atoms with E-state index in [4.69, 9.17) is 20.1 Å². The highest BCUT2D eigenvalue weighted by Crippen LogP contribution is 2.13. The van der Waals surface area contributed by atoms with Gasteiger partial charge in [0.25, 0.3) is 0 Å². The summed E-state index contributed by atoms with van der Waals surface area (Å²) in [6, 6.07) is 3.50. The Bertz CT molecular complexity index is 310. The number of nitrogen functional groups attached to an aromatic ring is 1. The van der Waals surface area contributed by atoms with Gasteiger partial charge >= 0.3 is 0 Å². The Balaban J connectivity index is 2.09. The van der Waals surface area contributed by atoms with E-state index in [-0.39, 0.29) is 0 Å². The smallest absolute Gasteiger partial charge is 0.143 e. The van der Waals surface area contributed by atoms with Gasteiger partial charge in [-0.25, -0.2) is 10.8 Å². The number of hydrogen-bond donors (Lipinski definition) is 2. The van der Waals surface area contributed by atoms with Crippen LogP contribution in [0.25, 0.3) is 0 Å². The minimum Gasteiger partial charge on any atom is -0.491 e. The molecule has 1 rings (SSSR count). The van der Waals surface area contributed by atoms with Crippen molar-refractivity contribution in [3.63, 3.8) is 0 Å². The molecule has 0 aliphatic heterocycles. The molecule has 0 atom stereocenters. The van der Waals surface area contributed by atoms with Crippen LogP contribution in [0.1, 0.15) is 6.42 Å². The SMILES string of the molecule is COCCCOCCOc1ccnc(NN)c1. The predicted molar refractivity (Wildman–Crippen MR) is 64.9 cm³/mol. The zero-order chi connectivity index (χ0) is 12.3. The molecule has 3 N–H and O–H groups in total. The molecule has 0 amide bonds.